The van der Waals surface area contributed by atoms with E-state index < -0.39 is 0 Å². The Kier molecular flexibility index (Phi) is 17.3. The summed E-state index contributed by atoms with van der Waals surface area (Å²) in [5, 5.41) is 13.7. The van der Waals surface area contributed by atoms with Gasteiger partial charge in [-0.3, -0.25) is 9.48 Å². The molecule has 1 aromatic heterocycles. The zero-order valence-electron chi connectivity index (χ0n) is 14.5. The van der Waals surface area contributed by atoms with Gasteiger partial charge >= 0.3 is 0 Å². The van der Waals surface area contributed by atoms with E-state index in [9.17, 15) is 4.79 Å². The van der Waals surface area contributed by atoms with E-state index in [1.165, 1.54) is 0 Å². The van der Waals surface area contributed by atoms with E-state index in [4.69, 9.17) is 0 Å². The molecular formula is C15H33N5O. The van der Waals surface area contributed by atoms with Crippen LogP contribution in [-0.4, -0.2) is 34.5 Å². The number of aryl methyl sites for hydroxylation is 1. The summed E-state index contributed by atoms with van der Waals surface area (Å²) < 4.78 is 1.79. The van der Waals surface area contributed by atoms with Gasteiger partial charge in [-0.15, -0.1) is 5.10 Å². The molecule has 21 heavy (non-hydrogen) atoms. The van der Waals surface area contributed by atoms with Crippen LogP contribution in [0.2, 0.25) is 0 Å². The van der Waals surface area contributed by atoms with Crippen LogP contribution in [0.5, 0.6) is 0 Å². The number of aromatic nitrogens is 3. The quantitative estimate of drug-likeness (QED) is 0.570. The van der Waals surface area contributed by atoms with Gasteiger partial charge in [0.1, 0.15) is 5.69 Å². The molecule has 0 saturated heterocycles. The molecule has 0 aromatic carbocycles. The lowest BCUT2D eigenvalue weighted by atomic mass is 10.3. The highest BCUT2D eigenvalue weighted by molar-refractivity contribution is 5.45. The lowest BCUT2D eigenvalue weighted by molar-refractivity contribution is -0.109. The minimum absolute atomic E-state index is 0.441. The van der Waals surface area contributed by atoms with E-state index in [0.717, 1.165) is 37.7 Å². The Labute approximate surface area is 129 Å². The van der Waals surface area contributed by atoms with Crippen molar-refractivity contribution in [2.75, 3.05) is 13.1 Å². The smallest absolute Gasteiger partial charge is 0.207 e. The molecule has 0 radical (unpaired) electrons. The maximum atomic E-state index is 10.1. The number of carbonyl (C=O) groups is 1. The maximum absolute atomic E-state index is 10.1. The molecule has 1 rings (SSSR count). The standard InChI is InChI=1S/C9H17N5O.C4H10.C2H6/c1-2-10-4-3-5-14-7-9(12-13-14)6-11-8-15;1-4(2)3;1-2/h7-8,10H,2-6H2,1H3,(H,11,15);4H,1-3H3;1-2H3. The third-order valence-electron chi connectivity index (χ3n) is 1.94. The summed E-state index contributed by atoms with van der Waals surface area (Å²) in [5.74, 6) is 0.833. The van der Waals surface area contributed by atoms with E-state index in [-0.39, 0.29) is 0 Å². The number of amides is 1. The average molecular weight is 299 g/mol. The van der Waals surface area contributed by atoms with E-state index in [2.05, 4.69) is 48.6 Å². The summed E-state index contributed by atoms with van der Waals surface area (Å²) in [6.07, 6.45) is 3.53. The Balaban J connectivity index is 0. The highest BCUT2D eigenvalue weighted by Gasteiger charge is 1.98. The molecule has 0 aliphatic heterocycles. The van der Waals surface area contributed by atoms with Gasteiger partial charge in [0.15, 0.2) is 0 Å². The number of nitrogens with one attached hydrogen (secondary N) is 2. The highest BCUT2D eigenvalue weighted by Crippen LogP contribution is 1.93. The van der Waals surface area contributed by atoms with Crippen LogP contribution < -0.4 is 10.6 Å². The molecule has 2 N–H and O–H groups in total. The van der Waals surface area contributed by atoms with Crippen molar-refractivity contribution in [3.05, 3.63) is 11.9 Å². The van der Waals surface area contributed by atoms with E-state index >= 15 is 0 Å². The second-order valence-electron chi connectivity index (χ2n) is 4.91. The van der Waals surface area contributed by atoms with Crippen molar-refractivity contribution in [2.24, 2.45) is 5.92 Å². The molecule has 0 aliphatic carbocycles. The van der Waals surface area contributed by atoms with Crippen LogP contribution in [0.3, 0.4) is 0 Å². The van der Waals surface area contributed by atoms with Crippen LogP contribution >= 0.6 is 0 Å². The molecule has 1 amide bonds. The Morgan fingerprint density at radius 1 is 1.33 bits per heavy atom. The van der Waals surface area contributed by atoms with E-state index in [1.54, 1.807) is 4.68 Å². The van der Waals surface area contributed by atoms with Gasteiger partial charge in [0.2, 0.25) is 6.41 Å². The van der Waals surface area contributed by atoms with Gasteiger partial charge in [-0.25, -0.2) is 0 Å². The van der Waals surface area contributed by atoms with E-state index in [1.807, 2.05) is 20.0 Å². The SMILES string of the molecule is CC.CC(C)C.CCNCCCn1cc(CNC=O)nn1. The first-order chi connectivity index (χ1) is 10.1. The second-order valence-corrected chi connectivity index (χ2v) is 4.91. The highest BCUT2D eigenvalue weighted by atomic mass is 16.1. The topological polar surface area (TPSA) is 71.8 Å². The zero-order chi connectivity index (χ0) is 16.5. The molecule has 124 valence electrons. The van der Waals surface area contributed by atoms with Gasteiger partial charge in [0, 0.05) is 6.54 Å². The van der Waals surface area contributed by atoms with Crippen LogP contribution in [0.4, 0.5) is 0 Å². The summed E-state index contributed by atoms with van der Waals surface area (Å²) in [6, 6.07) is 0. The zero-order valence-corrected chi connectivity index (χ0v) is 14.5. The molecule has 1 aromatic rings. The van der Waals surface area contributed by atoms with Crippen molar-refractivity contribution < 1.29 is 4.79 Å². The summed E-state index contributed by atoms with van der Waals surface area (Å²) in [5.41, 5.74) is 0.783. The third-order valence-corrected chi connectivity index (χ3v) is 1.94. The van der Waals surface area contributed by atoms with Crippen molar-refractivity contribution in [2.45, 2.75) is 61.1 Å². The van der Waals surface area contributed by atoms with Gasteiger partial charge in [0.25, 0.3) is 0 Å². The van der Waals surface area contributed by atoms with Crippen molar-refractivity contribution in [3.63, 3.8) is 0 Å². The molecular weight excluding hydrogens is 266 g/mol. The van der Waals surface area contributed by atoms with Gasteiger partial charge in [0.05, 0.1) is 12.7 Å². The minimum atomic E-state index is 0.441. The van der Waals surface area contributed by atoms with Crippen molar-refractivity contribution in [1.29, 1.82) is 0 Å². The predicted molar refractivity (Wildman–Crippen MR) is 87.9 cm³/mol. The van der Waals surface area contributed by atoms with Crippen molar-refractivity contribution >= 4 is 6.41 Å². The second kappa shape index (κ2) is 16.6. The summed E-state index contributed by atoms with van der Waals surface area (Å²) in [4.78, 5) is 10.1. The van der Waals surface area contributed by atoms with Crippen molar-refractivity contribution in [1.82, 2.24) is 25.6 Å². The molecule has 0 spiro atoms. The molecule has 1 heterocycles. The van der Waals surface area contributed by atoms with Crippen molar-refractivity contribution in [3.8, 4) is 0 Å². The van der Waals surface area contributed by atoms with Crippen LogP contribution in [0.1, 0.15) is 53.7 Å². The Morgan fingerprint density at radius 3 is 2.48 bits per heavy atom. The minimum Gasteiger partial charge on any atom is -0.353 e. The fourth-order valence-corrected chi connectivity index (χ4v) is 1.22. The molecule has 0 saturated carbocycles. The number of nitrogens with zero attached hydrogens (tertiary/aromatic N) is 3. The molecule has 0 aliphatic rings. The molecule has 6 nitrogen and oxygen atoms in total. The first kappa shape index (κ1) is 21.9. The molecule has 0 atom stereocenters. The Hall–Kier alpha value is -1.43. The molecule has 0 unspecified atom stereocenters. The third kappa shape index (κ3) is 16.5. The van der Waals surface area contributed by atoms with Gasteiger partial charge in [-0.05, 0) is 25.4 Å². The summed E-state index contributed by atoms with van der Waals surface area (Å²) in [7, 11) is 0. The number of carbonyl (C=O) groups excluding carboxylic acids is 1. The Bertz CT molecular complexity index is 323. The predicted octanol–water partition coefficient (Wildman–Crippen LogP) is 2.21. The van der Waals surface area contributed by atoms with Crippen LogP contribution in [0, 0.1) is 5.92 Å². The number of hydrogen-bond acceptors (Lipinski definition) is 4. The first-order valence-electron chi connectivity index (χ1n) is 7.86. The fourth-order valence-electron chi connectivity index (χ4n) is 1.22. The first-order valence-corrected chi connectivity index (χ1v) is 7.86. The summed E-state index contributed by atoms with van der Waals surface area (Å²) >= 11 is 0. The Morgan fingerprint density at radius 2 is 1.95 bits per heavy atom. The lowest BCUT2D eigenvalue weighted by Crippen LogP contribution is -2.16. The number of rotatable bonds is 8. The lowest BCUT2D eigenvalue weighted by Gasteiger charge is -2.00. The maximum Gasteiger partial charge on any atom is 0.207 e. The largest absolute Gasteiger partial charge is 0.353 e. The molecule has 6 heteroatoms. The van der Waals surface area contributed by atoms with Crippen LogP contribution in [0.15, 0.2) is 6.20 Å². The average Bonchev–Trinajstić information content (AvgIpc) is 2.91. The monoisotopic (exact) mass is 299 g/mol. The number of hydrogen-bond donors (Lipinski definition) is 2. The van der Waals surface area contributed by atoms with E-state index in [0.29, 0.717) is 13.0 Å². The van der Waals surface area contributed by atoms with Crippen LogP contribution in [-0.2, 0) is 17.9 Å². The summed E-state index contributed by atoms with van der Waals surface area (Å²) in [6.45, 7) is 15.8. The van der Waals surface area contributed by atoms with Gasteiger partial charge < -0.3 is 10.6 Å². The van der Waals surface area contributed by atoms with Crippen LogP contribution in [0.25, 0.3) is 0 Å². The van der Waals surface area contributed by atoms with Gasteiger partial charge in [-0.2, -0.15) is 0 Å². The molecule has 0 fully saturated rings. The molecule has 0 bridgehead atoms. The fraction of sp³-hybridized carbons (Fsp3) is 0.800. The normalized spacial score (nSPS) is 9.29. The van der Waals surface area contributed by atoms with Gasteiger partial charge in [-0.1, -0.05) is 46.8 Å².